The molecule has 8 nitrogen and oxygen atoms in total. The van der Waals surface area contributed by atoms with Crippen LogP contribution in [0.4, 0.5) is 8.78 Å². The Kier molecular flexibility index (Phi) is 9.04. The maximum atomic E-state index is 13.8. The summed E-state index contributed by atoms with van der Waals surface area (Å²) in [6, 6.07) is 0.336. The summed E-state index contributed by atoms with van der Waals surface area (Å²) in [6.45, 7) is 9.76. The van der Waals surface area contributed by atoms with Gasteiger partial charge in [0.05, 0.1) is 44.1 Å². The van der Waals surface area contributed by atoms with Crippen molar-refractivity contribution in [1.29, 1.82) is 0 Å². The minimum Gasteiger partial charge on any atom is -0.379 e. The number of hydrogen-bond acceptors (Lipinski definition) is 8. The average molecular weight is 473 g/mol. The highest BCUT2D eigenvalue weighted by Gasteiger charge is 2.36. The van der Waals surface area contributed by atoms with Gasteiger partial charge in [0.2, 0.25) is 0 Å². The Labute approximate surface area is 194 Å². The quantitative estimate of drug-likeness (QED) is 0.365. The van der Waals surface area contributed by atoms with E-state index in [1.54, 1.807) is 6.92 Å². The monoisotopic (exact) mass is 472 g/mol. The van der Waals surface area contributed by atoms with Gasteiger partial charge in [-0.1, -0.05) is 0 Å². The van der Waals surface area contributed by atoms with Gasteiger partial charge in [0.15, 0.2) is 6.29 Å². The zero-order valence-corrected chi connectivity index (χ0v) is 20.1. The normalized spacial score (nSPS) is 28.8. The van der Waals surface area contributed by atoms with Gasteiger partial charge in [-0.15, -0.1) is 0 Å². The van der Waals surface area contributed by atoms with Crippen LogP contribution in [0.3, 0.4) is 0 Å². The van der Waals surface area contributed by atoms with E-state index in [-0.39, 0.29) is 42.2 Å². The summed E-state index contributed by atoms with van der Waals surface area (Å²) in [6.07, 6.45) is -1.12. The lowest BCUT2D eigenvalue weighted by Crippen LogP contribution is -2.58. The van der Waals surface area contributed by atoms with Crippen LogP contribution < -0.4 is 0 Å². The second-order valence-electron chi connectivity index (χ2n) is 8.29. The molecular weight excluding hydrogens is 438 g/mol. The van der Waals surface area contributed by atoms with Crippen molar-refractivity contribution in [2.75, 3.05) is 52.4 Å². The highest BCUT2D eigenvalue weighted by Crippen LogP contribution is 2.27. The topological polar surface area (TPSA) is 65.3 Å². The number of alkyl halides is 2. The van der Waals surface area contributed by atoms with Crippen molar-refractivity contribution in [3.8, 4) is 0 Å². The van der Waals surface area contributed by atoms with Gasteiger partial charge in [-0.3, -0.25) is 9.89 Å². The van der Waals surface area contributed by atoms with Crippen molar-refractivity contribution >= 4 is 29.9 Å². The van der Waals surface area contributed by atoms with Crippen molar-refractivity contribution in [3.05, 3.63) is 11.9 Å². The first-order valence-electron chi connectivity index (χ1n) is 11.0. The molecule has 0 amide bonds. The summed E-state index contributed by atoms with van der Waals surface area (Å²) in [5, 5.41) is 0. The second-order valence-corrected chi connectivity index (χ2v) is 8.57. The van der Waals surface area contributed by atoms with Crippen molar-refractivity contribution in [1.82, 2.24) is 14.7 Å². The minimum absolute atomic E-state index is 0.0393. The first-order chi connectivity index (χ1) is 15.3. The molecule has 180 valence electrons. The van der Waals surface area contributed by atoms with Gasteiger partial charge in [-0.2, -0.15) is 12.6 Å². The van der Waals surface area contributed by atoms with E-state index >= 15 is 0 Å². The van der Waals surface area contributed by atoms with Crippen LogP contribution in [0.2, 0.25) is 0 Å². The highest BCUT2D eigenvalue weighted by molar-refractivity contribution is 7.80. The van der Waals surface area contributed by atoms with Crippen LogP contribution in [-0.4, -0.2) is 109 Å². The molecule has 0 bridgehead atoms. The number of nitrogens with zero attached hydrogens (tertiary/aromatic N) is 6. The molecule has 0 saturated carbocycles. The molecule has 3 aliphatic heterocycles. The van der Waals surface area contributed by atoms with Gasteiger partial charge >= 0.3 is 0 Å². The van der Waals surface area contributed by atoms with E-state index < -0.39 is 6.43 Å². The molecule has 3 heterocycles. The van der Waals surface area contributed by atoms with E-state index in [1.165, 1.54) is 0 Å². The average Bonchev–Trinajstić information content (AvgIpc) is 2.75. The molecule has 0 unspecified atom stereocenters. The number of halogens is 2. The number of hydrogen-bond donors (Lipinski definition) is 1. The first-order valence-corrected chi connectivity index (χ1v) is 11.6. The third kappa shape index (κ3) is 6.06. The minimum atomic E-state index is -2.69. The molecule has 3 atom stereocenters. The van der Waals surface area contributed by atoms with Crippen LogP contribution in [0, 0.1) is 0 Å². The second kappa shape index (κ2) is 11.5. The van der Waals surface area contributed by atoms with Crippen molar-refractivity contribution < 1.29 is 18.3 Å². The smallest absolute Gasteiger partial charge is 0.277 e. The molecule has 0 N–H and O–H groups in total. The zero-order valence-electron chi connectivity index (χ0n) is 19.2. The molecule has 0 aromatic carbocycles. The number of amidine groups is 1. The van der Waals surface area contributed by atoms with Crippen LogP contribution in [0.15, 0.2) is 26.9 Å². The van der Waals surface area contributed by atoms with Crippen molar-refractivity contribution in [3.63, 3.8) is 0 Å². The van der Waals surface area contributed by atoms with Crippen molar-refractivity contribution in [2.24, 2.45) is 15.0 Å². The summed E-state index contributed by atoms with van der Waals surface area (Å²) >= 11 is 4.02. The number of aliphatic imine (C=N–C) groups is 3. The summed E-state index contributed by atoms with van der Waals surface area (Å²) in [7, 11) is 2.01. The Morgan fingerprint density at radius 2 is 1.91 bits per heavy atom. The van der Waals surface area contributed by atoms with Crippen molar-refractivity contribution in [2.45, 2.75) is 52.0 Å². The van der Waals surface area contributed by atoms with E-state index in [0.29, 0.717) is 32.1 Å². The summed E-state index contributed by atoms with van der Waals surface area (Å²) in [5.74, 6) is 1.45. The fourth-order valence-corrected chi connectivity index (χ4v) is 4.37. The molecule has 32 heavy (non-hydrogen) atoms. The number of ether oxygens (including phenoxy) is 2. The molecular formula is C21H34F2N6O2S. The third-order valence-corrected chi connectivity index (χ3v) is 6.02. The SMILES string of the molecule is CC(=N/CS)/N=C(\CC1=N[C@@H](N2CCOC[C@@H]2C)N(C)C(N2CCOC[C@@H]2C)=C1)C(F)F. The van der Waals surface area contributed by atoms with E-state index in [2.05, 4.69) is 51.2 Å². The number of allylic oxidation sites excluding steroid dienone is 1. The standard InChI is InChI=1S/C21H34F2N6O2S/c1-14-11-30-7-5-28(14)19-10-17(9-18(20(22)23)25-16(3)24-13-32)26-21(27(19)4)29-6-8-31-12-15(29)2/h10,14-15,20-21,32H,5-9,11-13H2,1-4H3/b24-16-,25-18+/t14-,15-,21+/m0/s1. The Balaban J connectivity index is 1.95. The Bertz CT molecular complexity index is 775. The van der Waals surface area contributed by atoms with E-state index in [0.717, 1.165) is 18.9 Å². The number of rotatable bonds is 6. The maximum Gasteiger partial charge on any atom is 0.277 e. The zero-order chi connectivity index (χ0) is 23.3. The third-order valence-electron chi connectivity index (χ3n) is 5.88. The Morgan fingerprint density at radius 1 is 1.22 bits per heavy atom. The molecule has 11 heteroatoms. The van der Waals surface area contributed by atoms with Gasteiger partial charge in [0.1, 0.15) is 11.7 Å². The van der Waals surface area contributed by atoms with Crippen LogP contribution >= 0.6 is 12.6 Å². The largest absolute Gasteiger partial charge is 0.379 e. The maximum absolute atomic E-state index is 13.8. The summed E-state index contributed by atoms with van der Waals surface area (Å²) < 4.78 is 38.8. The van der Waals surface area contributed by atoms with Crippen LogP contribution in [0.25, 0.3) is 0 Å². The van der Waals surface area contributed by atoms with Gasteiger partial charge in [-0.05, 0) is 20.8 Å². The van der Waals surface area contributed by atoms with Gasteiger partial charge in [0, 0.05) is 44.4 Å². The van der Waals surface area contributed by atoms with Gasteiger partial charge < -0.3 is 19.3 Å². The first kappa shape index (κ1) is 25.1. The molecule has 3 aliphatic rings. The molecule has 0 aromatic rings. The number of morpholine rings is 2. The number of thiol groups is 1. The van der Waals surface area contributed by atoms with Gasteiger partial charge in [0.25, 0.3) is 6.43 Å². The van der Waals surface area contributed by atoms with Crippen LogP contribution in [0.1, 0.15) is 27.2 Å². The molecule has 0 radical (unpaired) electrons. The molecule has 0 aromatic heterocycles. The highest BCUT2D eigenvalue weighted by atomic mass is 32.1. The van der Waals surface area contributed by atoms with E-state index in [1.807, 2.05) is 13.1 Å². The fraction of sp³-hybridized carbons (Fsp3) is 0.762. The molecule has 2 saturated heterocycles. The molecule has 2 fully saturated rings. The lowest BCUT2D eigenvalue weighted by atomic mass is 10.1. The summed E-state index contributed by atoms with van der Waals surface area (Å²) in [4.78, 5) is 19.6. The van der Waals surface area contributed by atoms with Crippen LogP contribution in [0.5, 0.6) is 0 Å². The fourth-order valence-electron chi connectivity index (χ4n) is 4.17. The van der Waals surface area contributed by atoms with Gasteiger partial charge in [-0.25, -0.2) is 18.8 Å². The van der Waals surface area contributed by atoms with E-state index in [4.69, 9.17) is 14.5 Å². The molecule has 3 rings (SSSR count). The lowest BCUT2D eigenvalue weighted by Gasteiger charge is -2.48. The summed E-state index contributed by atoms with van der Waals surface area (Å²) in [5.41, 5.74) is 0.342. The predicted octanol–water partition coefficient (Wildman–Crippen LogP) is 2.34. The predicted molar refractivity (Wildman–Crippen MR) is 126 cm³/mol. The molecule has 0 spiro atoms. The lowest BCUT2D eigenvalue weighted by molar-refractivity contribution is -0.0647. The molecule has 0 aliphatic carbocycles. The van der Waals surface area contributed by atoms with Crippen LogP contribution in [-0.2, 0) is 9.47 Å². The van der Waals surface area contributed by atoms with E-state index in [9.17, 15) is 8.78 Å². The Hall–Kier alpha value is -1.56. The Morgan fingerprint density at radius 3 is 2.53 bits per heavy atom.